The summed E-state index contributed by atoms with van der Waals surface area (Å²) in [6.45, 7) is 4.02. The van der Waals surface area contributed by atoms with Gasteiger partial charge in [0, 0.05) is 0 Å². The molecule has 0 radical (unpaired) electrons. The highest BCUT2D eigenvalue weighted by Gasteiger charge is 2.11. The van der Waals surface area contributed by atoms with E-state index in [0.717, 1.165) is 17.8 Å². The number of aryl methyl sites for hydroxylation is 1. The van der Waals surface area contributed by atoms with E-state index in [1.807, 2.05) is 38.1 Å². The van der Waals surface area contributed by atoms with Crippen LogP contribution in [0.1, 0.15) is 23.9 Å². The van der Waals surface area contributed by atoms with Crippen molar-refractivity contribution in [3.05, 3.63) is 41.2 Å². The van der Waals surface area contributed by atoms with Crippen LogP contribution in [0.4, 0.5) is 0 Å². The lowest BCUT2D eigenvalue weighted by Gasteiger charge is -2.04. The number of rotatable bonds is 2. The lowest BCUT2D eigenvalue weighted by atomic mass is 10.2. The highest BCUT2D eigenvalue weighted by atomic mass is 15.4. The van der Waals surface area contributed by atoms with Crippen LogP contribution < -0.4 is 0 Å². The largest absolute Gasteiger partial charge is 0.216 e. The molecule has 1 aromatic heterocycles. The Bertz CT molecular complexity index is 531. The van der Waals surface area contributed by atoms with Crippen molar-refractivity contribution in [2.24, 2.45) is 0 Å². The van der Waals surface area contributed by atoms with Crippen molar-refractivity contribution in [2.45, 2.75) is 20.3 Å². The second-order valence-corrected chi connectivity index (χ2v) is 3.60. The van der Waals surface area contributed by atoms with E-state index in [1.54, 1.807) is 4.68 Å². The lowest BCUT2D eigenvalue weighted by Crippen LogP contribution is -2.01. The molecule has 0 unspecified atom stereocenters. The van der Waals surface area contributed by atoms with Crippen molar-refractivity contribution in [2.75, 3.05) is 0 Å². The van der Waals surface area contributed by atoms with Gasteiger partial charge in [-0.1, -0.05) is 29.8 Å². The molecule has 0 saturated heterocycles. The first kappa shape index (κ1) is 10.4. The Morgan fingerprint density at radius 3 is 2.56 bits per heavy atom. The van der Waals surface area contributed by atoms with E-state index in [4.69, 9.17) is 5.26 Å². The molecule has 0 saturated carbocycles. The van der Waals surface area contributed by atoms with E-state index in [9.17, 15) is 0 Å². The zero-order chi connectivity index (χ0) is 11.5. The number of benzene rings is 1. The number of nitrogens with zero attached hydrogens (tertiary/aromatic N) is 4. The van der Waals surface area contributed by atoms with Crippen LogP contribution in [0.3, 0.4) is 0 Å². The van der Waals surface area contributed by atoms with Crippen LogP contribution in [-0.4, -0.2) is 15.0 Å². The monoisotopic (exact) mass is 212 g/mol. The van der Waals surface area contributed by atoms with Gasteiger partial charge in [-0.3, -0.25) is 0 Å². The second-order valence-electron chi connectivity index (χ2n) is 3.60. The van der Waals surface area contributed by atoms with Gasteiger partial charge in [0.1, 0.15) is 6.07 Å². The second kappa shape index (κ2) is 4.15. The molecule has 0 aliphatic rings. The number of aromatic nitrogens is 3. The molecule has 0 atom stereocenters. The normalized spacial score (nSPS) is 10.1. The van der Waals surface area contributed by atoms with Gasteiger partial charge in [0.05, 0.1) is 11.4 Å². The molecule has 2 aromatic rings. The zero-order valence-electron chi connectivity index (χ0n) is 9.31. The standard InChI is InChI=1S/C12H12N4/c1-3-12-11(8-13)14-15-16(12)10-6-4-9(2)5-7-10/h4-7H,3H2,1-2H3. The molecule has 0 bridgehead atoms. The molecular weight excluding hydrogens is 200 g/mol. The van der Waals surface area contributed by atoms with E-state index in [0.29, 0.717) is 5.69 Å². The number of hydrogen-bond donors (Lipinski definition) is 0. The first-order chi connectivity index (χ1) is 7.76. The van der Waals surface area contributed by atoms with Crippen molar-refractivity contribution in [1.82, 2.24) is 15.0 Å². The van der Waals surface area contributed by atoms with Crippen molar-refractivity contribution in [3.8, 4) is 11.8 Å². The minimum absolute atomic E-state index is 0.406. The summed E-state index contributed by atoms with van der Waals surface area (Å²) in [6.07, 6.45) is 0.740. The van der Waals surface area contributed by atoms with Gasteiger partial charge in [0.15, 0.2) is 5.69 Å². The molecule has 0 spiro atoms. The molecule has 0 N–H and O–H groups in total. The van der Waals surface area contributed by atoms with Gasteiger partial charge in [-0.15, -0.1) is 5.10 Å². The summed E-state index contributed by atoms with van der Waals surface area (Å²) in [5.41, 5.74) is 3.40. The molecule has 0 aliphatic carbocycles. The molecular formula is C12H12N4. The Morgan fingerprint density at radius 1 is 1.31 bits per heavy atom. The van der Waals surface area contributed by atoms with Gasteiger partial charge in [-0.25, -0.2) is 4.68 Å². The van der Waals surface area contributed by atoms with E-state index in [2.05, 4.69) is 16.4 Å². The minimum atomic E-state index is 0.406. The third kappa shape index (κ3) is 1.68. The SMILES string of the molecule is CCc1c(C#N)nnn1-c1ccc(C)cc1. The summed E-state index contributed by atoms with van der Waals surface area (Å²) < 4.78 is 1.72. The molecule has 2 rings (SSSR count). The van der Waals surface area contributed by atoms with Crippen molar-refractivity contribution < 1.29 is 0 Å². The van der Waals surface area contributed by atoms with Gasteiger partial charge >= 0.3 is 0 Å². The summed E-state index contributed by atoms with van der Waals surface area (Å²) in [5, 5.41) is 16.7. The fourth-order valence-electron chi connectivity index (χ4n) is 1.60. The first-order valence-corrected chi connectivity index (χ1v) is 5.18. The van der Waals surface area contributed by atoms with Crippen LogP contribution in [0.5, 0.6) is 0 Å². The molecule has 0 fully saturated rings. The average Bonchev–Trinajstić information content (AvgIpc) is 2.72. The third-order valence-corrected chi connectivity index (χ3v) is 2.48. The van der Waals surface area contributed by atoms with Crippen LogP contribution in [-0.2, 0) is 6.42 Å². The minimum Gasteiger partial charge on any atom is -0.216 e. The van der Waals surface area contributed by atoms with Gasteiger partial charge < -0.3 is 0 Å². The average molecular weight is 212 g/mol. The number of nitriles is 1. The van der Waals surface area contributed by atoms with Gasteiger partial charge in [-0.2, -0.15) is 5.26 Å². The maximum Gasteiger partial charge on any atom is 0.186 e. The summed E-state index contributed by atoms with van der Waals surface area (Å²) in [7, 11) is 0. The summed E-state index contributed by atoms with van der Waals surface area (Å²) in [6, 6.07) is 10.0. The first-order valence-electron chi connectivity index (χ1n) is 5.18. The highest BCUT2D eigenvalue weighted by molar-refractivity contribution is 5.37. The molecule has 16 heavy (non-hydrogen) atoms. The van der Waals surface area contributed by atoms with E-state index < -0.39 is 0 Å². The predicted octanol–water partition coefficient (Wildman–Crippen LogP) is 2.01. The smallest absolute Gasteiger partial charge is 0.186 e. The van der Waals surface area contributed by atoms with Crippen molar-refractivity contribution in [3.63, 3.8) is 0 Å². The maximum absolute atomic E-state index is 8.89. The fourth-order valence-corrected chi connectivity index (χ4v) is 1.60. The quantitative estimate of drug-likeness (QED) is 0.765. The van der Waals surface area contributed by atoms with Crippen LogP contribution >= 0.6 is 0 Å². The molecule has 1 heterocycles. The summed E-state index contributed by atoms with van der Waals surface area (Å²) in [5.74, 6) is 0. The van der Waals surface area contributed by atoms with Crippen LogP contribution in [0.15, 0.2) is 24.3 Å². The lowest BCUT2D eigenvalue weighted by molar-refractivity contribution is 0.767. The molecule has 1 aromatic carbocycles. The van der Waals surface area contributed by atoms with Crippen LogP contribution in [0, 0.1) is 18.3 Å². The molecule has 0 aliphatic heterocycles. The molecule has 4 nitrogen and oxygen atoms in total. The van der Waals surface area contributed by atoms with Gasteiger partial charge in [0.25, 0.3) is 0 Å². The van der Waals surface area contributed by atoms with Crippen molar-refractivity contribution in [1.29, 1.82) is 5.26 Å². The Labute approximate surface area is 94.1 Å². The Morgan fingerprint density at radius 2 is 2.00 bits per heavy atom. The van der Waals surface area contributed by atoms with Crippen molar-refractivity contribution >= 4 is 0 Å². The Hall–Kier alpha value is -2.15. The van der Waals surface area contributed by atoms with E-state index >= 15 is 0 Å². The Balaban J connectivity index is 2.52. The van der Waals surface area contributed by atoms with Gasteiger partial charge in [0.2, 0.25) is 0 Å². The Kier molecular flexibility index (Phi) is 2.69. The molecule has 0 amide bonds. The molecule has 80 valence electrons. The molecule has 4 heteroatoms. The number of hydrogen-bond acceptors (Lipinski definition) is 3. The zero-order valence-corrected chi connectivity index (χ0v) is 9.31. The third-order valence-electron chi connectivity index (χ3n) is 2.48. The summed E-state index contributed by atoms with van der Waals surface area (Å²) >= 11 is 0. The predicted molar refractivity (Wildman–Crippen MR) is 60.2 cm³/mol. The highest BCUT2D eigenvalue weighted by Crippen LogP contribution is 2.13. The van der Waals surface area contributed by atoms with E-state index in [-0.39, 0.29) is 0 Å². The van der Waals surface area contributed by atoms with Gasteiger partial charge in [-0.05, 0) is 25.5 Å². The fraction of sp³-hybridized carbons (Fsp3) is 0.250. The summed E-state index contributed by atoms with van der Waals surface area (Å²) in [4.78, 5) is 0. The van der Waals surface area contributed by atoms with Crippen LogP contribution in [0.2, 0.25) is 0 Å². The topological polar surface area (TPSA) is 54.5 Å². The van der Waals surface area contributed by atoms with E-state index in [1.165, 1.54) is 5.56 Å². The van der Waals surface area contributed by atoms with Crippen LogP contribution in [0.25, 0.3) is 5.69 Å². The maximum atomic E-state index is 8.89.